The smallest absolute Gasteiger partial charge is 0.229 e. The zero-order valence-corrected chi connectivity index (χ0v) is 11.6. The second-order valence-electron chi connectivity index (χ2n) is 5.03. The molecule has 0 saturated heterocycles. The highest BCUT2D eigenvalue weighted by atomic mass is 15.4. The highest BCUT2D eigenvalue weighted by molar-refractivity contribution is 5.76. The van der Waals surface area contributed by atoms with Crippen LogP contribution in [0.15, 0.2) is 60.7 Å². The number of aryl methyl sites for hydroxylation is 1. The average molecular weight is 274 g/mol. The maximum atomic E-state index is 4.63. The summed E-state index contributed by atoms with van der Waals surface area (Å²) in [6.45, 7) is 1.99. The topological polar surface area (TPSA) is 46.5 Å². The van der Waals surface area contributed by atoms with Crippen LogP contribution in [0.2, 0.25) is 0 Å². The first-order chi connectivity index (χ1) is 10.3. The van der Waals surface area contributed by atoms with Gasteiger partial charge in [0.2, 0.25) is 5.95 Å². The molecule has 21 heavy (non-hydrogen) atoms. The Bertz CT molecular complexity index is 870. The summed E-state index contributed by atoms with van der Waals surface area (Å²) in [4.78, 5) is 7.95. The molecule has 0 saturated carbocycles. The SMILES string of the molecule is Cc1cc(-c2ccccc2)n(-c2nc3ccccc3[nH]2)n1. The van der Waals surface area contributed by atoms with Crippen molar-refractivity contribution in [3.63, 3.8) is 0 Å². The minimum atomic E-state index is 0.739. The fourth-order valence-electron chi connectivity index (χ4n) is 2.52. The van der Waals surface area contributed by atoms with Crippen LogP contribution in [0.3, 0.4) is 0 Å². The summed E-state index contributed by atoms with van der Waals surface area (Å²) in [6, 6.07) is 20.3. The summed E-state index contributed by atoms with van der Waals surface area (Å²) < 4.78 is 1.87. The number of aromatic nitrogens is 4. The average Bonchev–Trinajstić information content (AvgIpc) is 3.11. The Morgan fingerprint density at radius 2 is 1.71 bits per heavy atom. The molecule has 2 aromatic carbocycles. The second kappa shape index (κ2) is 4.59. The van der Waals surface area contributed by atoms with E-state index in [0.29, 0.717) is 0 Å². The third kappa shape index (κ3) is 2.01. The summed E-state index contributed by atoms with van der Waals surface area (Å²) in [5.74, 6) is 0.739. The van der Waals surface area contributed by atoms with Gasteiger partial charge in [-0.1, -0.05) is 42.5 Å². The van der Waals surface area contributed by atoms with E-state index >= 15 is 0 Å². The molecule has 0 fully saturated rings. The molecule has 0 amide bonds. The van der Waals surface area contributed by atoms with Crippen molar-refractivity contribution >= 4 is 11.0 Å². The molecule has 2 heterocycles. The van der Waals surface area contributed by atoms with Crippen molar-refractivity contribution < 1.29 is 0 Å². The quantitative estimate of drug-likeness (QED) is 0.605. The van der Waals surface area contributed by atoms with Gasteiger partial charge in [-0.15, -0.1) is 0 Å². The molecular weight excluding hydrogens is 260 g/mol. The van der Waals surface area contributed by atoms with Crippen LogP contribution >= 0.6 is 0 Å². The summed E-state index contributed by atoms with van der Waals surface area (Å²) in [7, 11) is 0. The van der Waals surface area contributed by atoms with Crippen LogP contribution < -0.4 is 0 Å². The summed E-state index contributed by atoms with van der Waals surface area (Å²) in [5, 5.41) is 4.58. The Hall–Kier alpha value is -2.88. The minimum absolute atomic E-state index is 0.739. The van der Waals surface area contributed by atoms with E-state index in [1.165, 1.54) is 0 Å². The normalized spacial score (nSPS) is 11.1. The standard InChI is InChI=1S/C17H14N4/c1-12-11-16(13-7-3-2-4-8-13)21(20-12)17-18-14-9-5-6-10-15(14)19-17/h2-11H,1H3,(H,18,19). The van der Waals surface area contributed by atoms with Gasteiger partial charge in [0.1, 0.15) is 0 Å². The van der Waals surface area contributed by atoms with E-state index in [1.807, 2.05) is 54.1 Å². The van der Waals surface area contributed by atoms with Crippen LogP contribution in [0.4, 0.5) is 0 Å². The summed E-state index contributed by atoms with van der Waals surface area (Å²) in [5.41, 5.74) is 5.08. The molecule has 1 N–H and O–H groups in total. The number of fused-ring (bicyclic) bond motifs is 1. The van der Waals surface area contributed by atoms with E-state index in [0.717, 1.165) is 33.9 Å². The maximum absolute atomic E-state index is 4.63. The molecule has 0 atom stereocenters. The lowest BCUT2D eigenvalue weighted by atomic mass is 10.1. The number of H-pyrrole nitrogens is 1. The fraction of sp³-hybridized carbons (Fsp3) is 0.0588. The molecule has 4 heteroatoms. The zero-order valence-electron chi connectivity index (χ0n) is 11.6. The van der Waals surface area contributed by atoms with Crippen molar-refractivity contribution in [2.45, 2.75) is 6.92 Å². The predicted molar refractivity (Wildman–Crippen MR) is 83.4 cm³/mol. The fourth-order valence-corrected chi connectivity index (χ4v) is 2.52. The largest absolute Gasteiger partial charge is 0.322 e. The zero-order chi connectivity index (χ0) is 14.2. The van der Waals surface area contributed by atoms with E-state index in [-0.39, 0.29) is 0 Å². The van der Waals surface area contributed by atoms with Gasteiger partial charge in [-0.2, -0.15) is 9.78 Å². The monoisotopic (exact) mass is 274 g/mol. The Balaban J connectivity index is 1.92. The van der Waals surface area contributed by atoms with Crippen molar-refractivity contribution in [2.75, 3.05) is 0 Å². The van der Waals surface area contributed by atoms with Crippen molar-refractivity contribution in [3.8, 4) is 17.2 Å². The molecule has 4 nitrogen and oxygen atoms in total. The van der Waals surface area contributed by atoms with Crippen LogP contribution in [-0.4, -0.2) is 19.7 Å². The number of hydrogen-bond acceptors (Lipinski definition) is 2. The highest BCUT2D eigenvalue weighted by Crippen LogP contribution is 2.23. The van der Waals surface area contributed by atoms with Gasteiger partial charge < -0.3 is 4.98 Å². The van der Waals surface area contributed by atoms with Crippen molar-refractivity contribution in [1.29, 1.82) is 0 Å². The van der Waals surface area contributed by atoms with Gasteiger partial charge in [-0.3, -0.25) is 0 Å². The number of para-hydroxylation sites is 2. The lowest BCUT2D eigenvalue weighted by Crippen LogP contribution is -2.01. The van der Waals surface area contributed by atoms with E-state index < -0.39 is 0 Å². The lowest BCUT2D eigenvalue weighted by molar-refractivity contribution is 0.822. The molecule has 0 aliphatic carbocycles. The van der Waals surface area contributed by atoms with Gasteiger partial charge >= 0.3 is 0 Å². The molecule has 0 aliphatic rings. The first-order valence-corrected chi connectivity index (χ1v) is 6.88. The second-order valence-corrected chi connectivity index (χ2v) is 5.03. The Morgan fingerprint density at radius 1 is 0.952 bits per heavy atom. The number of rotatable bonds is 2. The summed E-state index contributed by atoms with van der Waals surface area (Å²) in [6.07, 6.45) is 0. The molecule has 0 radical (unpaired) electrons. The summed E-state index contributed by atoms with van der Waals surface area (Å²) >= 11 is 0. The minimum Gasteiger partial charge on any atom is -0.322 e. The van der Waals surface area contributed by atoms with E-state index in [9.17, 15) is 0 Å². The van der Waals surface area contributed by atoms with Crippen LogP contribution in [0.25, 0.3) is 28.2 Å². The van der Waals surface area contributed by atoms with E-state index in [2.05, 4.69) is 33.3 Å². The third-order valence-electron chi connectivity index (χ3n) is 3.48. The van der Waals surface area contributed by atoms with Crippen LogP contribution in [-0.2, 0) is 0 Å². The Kier molecular flexibility index (Phi) is 2.60. The highest BCUT2D eigenvalue weighted by Gasteiger charge is 2.12. The van der Waals surface area contributed by atoms with Crippen LogP contribution in [0, 0.1) is 6.92 Å². The van der Waals surface area contributed by atoms with Crippen LogP contribution in [0.1, 0.15) is 5.69 Å². The number of aromatic amines is 1. The number of nitrogens with one attached hydrogen (secondary N) is 1. The maximum Gasteiger partial charge on any atom is 0.229 e. The number of imidazole rings is 1. The molecule has 0 aliphatic heterocycles. The molecule has 4 rings (SSSR count). The van der Waals surface area contributed by atoms with Gasteiger partial charge in [0.25, 0.3) is 0 Å². The third-order valence-corrected chi connectivity index (χ3v) is 3.48. The van der Waals surface area contributed by atoms with Crippen molar-refractivity contribution in [1.82, 2.24) is 19.7 Å². The van der Waals surface area contributed by atoms with Crippen molar-refractivity contribution in [2.24, 2.45) is 0 Å². The predicted octanol–water partition coefficient (Wildman–Crippen LogP) is 3.72. The molecule has 2 aromatic heterocycles. The number of benzene rings is 2. The number of nitrogens with zero attached hydrogens (tertiary/aromatic N) is 3. The molecule has 0 unspecified atom stereocenters. The Morgan fingerprint density at radius 3 is 2.52 bits per heavy atom. The van der Waals surface area contributed by atoms with Crippen molar-refractivity contribution in [3.05, 3.63) is 66.4 Å². The van der Waals surface area contributed by atoms with E-state index in [1.54, 1.807) is 0 Å². The molecule has 0 spiro atoms. The van der Waals surface area contributed by atoms with Gasteiger partial charge in [0.05, 0.1) is 22.4 Å². The first kappa shape index (κ1) is 11.9. The van der Waals surface area contributed by atoms with Gasteiger partial charge in [0.15, 0.2) is 0 Å². The van der Waals surface area contributed by atoms with Gasteiger partial charge in [0, 0.05) is 5.56 Å². The molecular formula is C17H14N4. The number of hydrogen-bond donors (Lipinski definition) is 1. The molecule has 0 bridgehead atoms. The lowest BCUT2D eigenvalue weighted by Gasteiger charge is -2.03. The molecule has 4 aromatic rings. The van der Waals surface area contributed by atoms with Gasteiger partial charge in [-0.25, -0.2) is 4.98 Å². The van der Waals surface area contributed by atoms with Gasteiger partial charge in [-0.05, 0) is 25.1 Å². The van der Waals surface area contributed by atoms with Crippen LogP contribution in [0.5, 0.6) is 0 Å². The first-order valence-electron chi connectivity index (χ1n) is 6.88. The Labute approximate surface area is 122 Å². The molecule has 102 valence electrons. The van der Waals surface area contributed by atoms with E-state index in [4.69, 9.17) is 0 Å².